The summed E-state index contributed by atoms with van der Waals surface area (Å²) in [6.07, 6.45) is 1.50. The molecule has 7 heteroatoms. The van der Waals surface area contributed by atoms with Crippen LogP contribution >= 0.6 is 11.3 Å². The normalized spacial score (nSPS) is 21.0. The highest BCUT2D eigenvalue weighted by Crippen LogP contribution is 2.20. The summed E-state index contributed by atoms with van der Waals surface area (Å²) in [6, 6.07) is 8.28. The van der Waals surface area contributed by atoms with Crippen LogP contribution in [0.5, 0.6) is 0 Å². The van der Waals surface area contributed by atoms with E-state index in [2.05, 4.69) is 45.4 Å². The molecule has 1 fully saturated rings. The number of aromatic nitrogens is 2. The Balaban J connectivity index is 1.62. The van der Waals surface area contributed by atoms with Gasteiger partial charge in [0.2, 0.25) is 11.0 Å². The zero-order valence-electron chi connectivity index (χ0n) is 12.6. The second kappa shape index (κ2) is 6.51. The minimum atomic E-state index is -0.223. The largest absolute Gasteiger partial charge is 0.299 e. The second-order valence-electron chi connectivity index (χ2n) is 5.57. The molecule has 116 valence electrons. The molecule has 1 saturated heterocycles. The van der Waals surface area contributed by atoms with Gasteiger partial charge in [-0.15, -0.1) is 10.2 Å². The molecule has 1 amide bonds. The van der Waals surface area contributed by atoms with Gasteiger partial charge in [0.15, 0.2) is 0 Å². The number of benzene rings is 1. The van der Waals surface area contributed by atoms with E-state index in [0.717, 1.165) is 17.8 Å². The molecular weight excluding hydrogens is 298 g/mol. The maximum atomic E-state index is 12.1. The smallest absolute Gasteiger partial charge is 0.244 e. The summed E-state index contributed by atoms with van der Waals surface area (Å²) >= 11 is 1.42. The molecule has 0 aliphatic carbocycles. The molecule has 2 unspecified atom stereocenters. The lowest BCUT2D eigenvalue weighted by atomic mass is 10.1. The van der Waals surface area contributed by atoms with Crippen molar-refractivity contribution in [2.75, 3.05) is 5.32 Å². The van der Waals surface area contributed by atoms with E-state index < -0.39 is 0 Å². The number of nitrogens with one attached hydrogen (secondary N) is 3. The van der Waals surface area contributed by atoms with Crippen LogP contribution in [0.4, 0.5) is 5.13 Å². The molecule has 22 heavy (non-hydrogen) atoms. The van der Waals surface area contributed by atoms with Crippen molar-refractivity contribution in [2.45, 2.75) is 38.8 Å². The third kappa shape index (κ3) is 3.49. The predicted molar refractivity (Wildman–Crippen MR) is 86.7 cm³/mol. The molecule has 0 saturated carbocycles. The molecule has 3 N–H and O–H groups in total. The number of anilines is 1. The number of hydrazine groups is 1. The van der Waals surface area contributed by atoms with Crippen molar-refractivity contribution in [3.05, 3.63) is 40.4 Å². The molecule has 3 rings (SSSR count). The van der Waals surface area contributed by atoms with Gasteiger partial charge in [0, 0.05) is 12.5 Å². The zero-order valence-corrected chi connectivity index (χ0v) is 13.4. The van der Waals surface area contributed by atoms with Crippen molar-refractivity contribution in [3.8, 4) is 0 Å². The fourth-order valence-electron chi connectivity index (χ4n) is 2.43. The first-order chi connectivity index (χ1) is 10.6. The molecule has 0 spiro atoms. The van der Waals surface area contributed by atoms with Crippen LogP contribution in [0.25, 0.3) is 0 Å². The van der Waals surface area contributed by atoms with Crippen LogP contribution in [0.2, 0.25) is 0 Å². The van der Waals surface area contributed by atoms with Crippen molar-refractivity contribution in [2.24, 2.45) is 0 Å². The maximum absolute atomic E-state index is 12.1. The van der Waals surface area contributed by atoms with E-state index in [1.807, 2.05) is 19.1 Å². The third-order valence-electron chi connectivity index (χ3n) is 3.71. The van der Waals surface area contributed by atoms with Crippen LogP contribution < -0.4 is 16.2 Å². The molecule has 1 aliphatic rings. The maximum Gasteiger partial charge on any atom is 0.244 e. The molecule has 1 aromatic carbocycles. The SMILES string of the molecule is Cc1ccccc1Cc1nnc(NC(=O)C2CC(C)NN2)s1. The molecule has 6 nitrogen and oxygen atoms in total. The van der Waals surface area contributed by atoms with Crippen molar-refractivity contribution in [1.29, 1.82) is 0 Å². The molecule has 1 aromatic heterocycles. The summed E-state index contributed by atoms with van der Waals surface area (Å²) in [5, 5.41) is 12.5. The lowest BCUT2D eigenvalue weighted by Crippen LogP contribution is -2.39. The van der Waals surface area contributed by atoms with Crippen LogP contribution in [-0.4, -0.2) is 28.2 Å². The van der Waals surface area contributed by atoms with E-state index in [1.54, 1.807) is 0 Å². The van der Waals surface area contributed by atoms with Crippen LogP contribution in [0.1, 0.15) is 29.5 Å². The first-order valence-corrected chi connectivity index (χ1v) is 8.12. The van der Waals surface area contributed by atoms with Gasteiger partial charge in [-0.05, 0) is 31.4 Å². The first-order valence-electron chi connectivity index (χ1n) is 7.30. The lowest BCUT2D eigenvalue weighted by molar-refractivity contribution is -0.117. The van der Waals surface area contributed by atoms with Crippen molar-refractivity contribution >= 4 is 22.4 Å². The summed E-state index contributed by atoms with van der Waals surface area (Å²) < 4.78 is 0. The van der Waals surface area contributed by atoms with Crippen LogP contribution in [0.3, 0.4) is 0 Å². The van der Waals surface area contributed by atoms with Crippen molar-refractivity contribution in [3.63, 3.8) is 0 Å². The number of amides is 1. The Morgan fingerprint density at radius 2 is 2.18 bits per heavy atom. The van der Waals surface area contributed by atoms with Crippen LogP contribution in [0.15, 0.2) is 24.3 Å². The average molecular weight is 317 g/mol. The Kier molecular flexibility index (Phi) is 4.47. The summed E-state index contributed by atoms with van der Waals surface area (Å²) in [7, 11) is 0. The summed E-state index contributed by atoms with van der Waals surface area (Å²) in [5.74, 6) is -0.0737. The van der Waals surface area contributed by atoms with E-state index in [4.69, 9.17) is 0 Å². The molecule has 0 bridgehead atoms. The average Bonchev–Trinajstić information content (AvgIpc) is 3.11. The van der Waals surface area contributed by atoms with E-state index in [0.29, 0.717) is 11.2 Å². The monoisotopic (exact) mass is 317 g/mol. The van der Waals surface area contributed by atoms with Crippen LogP contribution in [0, 0.1) is 6.92 Å². The summed E-state index contributed by atoms with van der Waals surface area (Å²) in [6.45, 7) is 4.12. The fraction of sp³-hybridized carbons (Fsp3) is 0.400. The van der Waals surface area contributed by atoms with Gasteiger partial charge in [0.25, 0.3) is 0 Å². The number of carbonyl (C=O) groups is 1. The highest BCUT2D eigenvalue weighted by atomic mass is 32.1. The number of rotatable bonds is 4. The first kappa shape index (κ1) is 15.1. The molecule has 0 radical (unpaired) electrons. The van der Waals surface area contributed by atoms with E-state index in [-0.39, 0.29) is 11.9 Å². The highest BCUT2D eigenvalue weighted by molar-refractivity contribution is 7.15. The molecular formula is C15H19N5OS. The molecule has 1 aliphatic heterocycles. The Hall–Kier alpha value is -1.83. The van der Waals surface area contributed by atoms with Crippen molar-refractivity contribution < 1.29 is 4.79 Å². The van der Waals surface area contributed by atoms with Gasteiger partial charge >= 0.3 is 0 Å². The number of hydrogen-bond donors (Lipinski definition) is 3. The lowest BCUT2D eigenvalue weighted by Gasteiger charge is -2.07. The molecule has 2 heterocycles. The Labute approximate surface area is 133 Å². The van der Waals surface area contributed by atoms with Crippen molar-refractivity contribution in [1.82, 2.24) is 21.0 Å². The van der Waals surface area contributed by atoms with Gasteiger partial charge in [-0.3, -0.25) is 15.5 Å². The molecule has 2 atom stereocenters. The Morgan fingerprint density at radius 1 is 1.36 bits per heavy atom. The third-order valence-corrected chi connectivity index (χ3v) is 4.55. The highest BCUT2D eigenvalue weighted by Gasteiger charge is 2.27. The zero-order chi connectivity index (χ0) is 15.5. The van der Waals surface area contributed by atoms with E-state index in [1.165, 1.54) is 22.5 Å². The van der Waals surface area contributed by atoms with Crippen LogP contribution in [-0.2, 0) is 11.2 Å². The fourth-order valence-corrected chi connectivity index (χ4v) is 3.19. The number of carbonyl (C=O) groups excluding carboxylic acids is 1. The standard InChI is InChI=1S/C15H19N5OS/c1-9-5-3-4-6-11(9)8-13-19-20-15(22-13)16-14(21)12-7-10(2)17-18-12/h3-6,10,12,17-18H,7-8H2,1-2H3,(H,16,20,21). The topological polar surface area (TPSA) is 78.9 Å². The van der Waals surface area contributed by atoms with Gasteiger partial charge in [0.1, 0.15) is 11.0 Å². The van der Waals surface area contributed by atoms with Gasteiger partial charge in [-0.2, -0.15) is 0 Å². The Morgan fingerprint density at radius 3 is 2.91 bits per heavy atom. The van der Waals surface area contributed by atoms with Gasteiger partial charge in [0.05, 0.1) is 0 Å². The minimum absolute atomic E-state index is 0.0737. The number of aryl methyl sites for hydroxylation is 1. The number of hydrogen-bond acceptors (Lipinski definition) is 6. The van der Waals surface area contributed by atoms with Gasteiger partial charge in [-0.1, -0.05) is 35.6 Å². The number of nitrogens with zero attached hydrogens (tertiary/aromatic N) is 2. The second-order valence-corrected chi connectivity index (χ2v) is 6.63. The minimum Gasteiger partial charge on any atom is -0.299 e. The summed E-state index contributed by atoms with van der Waals surface area (Å²) in [5.41, 5.74) is 8.48. The Bertz CT molecular complexity index is 671. The van der Waals surface area contributed by atoms with E-state index >= 15 is 0 Å². The molecule has 2 aromatic rings. The summed E-state index contributed by atoms with van der Waals surface area (Å²) in [4.78, 5) is 12.1. The van der Waals surface area contributed by atoms with E-state index in [9.17, 15) is 4.79 Å². The quantitative estimate of drug-likeness (QED) is 0.799. The van der Waals surface area contributed by atoms with Gasteiger partial charge < -0.3 is 0 Å². The van der Waals surface area contributed by atoms with Gasteiger partial charge in [-0.25, -0.2) is 5.43 Å². The predicted octanol–water partition coefficient (Wildman–Crippen LogP) is 1.63.